The molecule has 21 heavy (non-hydrogen) atoms. The molecule has 3 heteroatoms. The van der Waals surface area contributed by atoms with Crippen molar-refractivity contribution in [1.29, 1.82) is 0 Å². The molecule has 2 rings (SSSR count). The van der Waals surface area contributed by atoms with E-state index in [0.29, 0.717) is 18.1 Å². The third-order valence-electron chi connectivity index (χ3n) is 5.36. The van der Waals surface area contributed by atoms with Crippen LogP contribution < -0.4 is 5.73 Å². The van der Waals surface area contributed by atoms with E-state index in [9.17, 15) is 0 Å². The lowest BCUT2D eigenvalue weighted by atomic mass is 9.76. The van der Waals surface area contributed by atoms with Crippen molar-refractivity contribution in [3.8, 4) is 0 Å². The summed E-state index contributed by atoms with van der Waals surface area (Å²) in [5.74, 6) is 1.64. The van der Waals surface area contributed by atoms with Crippen LogP contribution in [0.1, 0.15) is 65.2 Å². The molecule has 4 unspecified atom stereocenters. The van der Waals surface area contributed by atoms with Crippen LogP contribution in [-0.2, 0) is 4.74 Å². The van der Waals surface area contributed by atoms with Gasteiger partial charge in [0.1, 0.15) is 0 Å². The Hall–Kier alpha value is -0.120. The van der Waals surface area contributed by atoms with E-state index in [0.717, 1.165) is 25.5 Å². The minimum Gasteiger partial charge on any atom is -0.377 e. The molecule has 0 bridgehead atoms. The van der Waals surface area contributed by atoms with Crippen LogP contribution in [0, 0.1) is 11.8 Å². The predicted molar refractivity (Wildman–Crippen MR) is 89.4 cm³/mol. The molecule has 4 atom stereocenters. The molecule has 1 saturated heterocycles. The van der Waals surface area contributed by atoms with Gasteiger partial charge >= 0.3 is 0 Å². The molecule has 2 aliphatic rings. The van der Waals surface area contributed by atoms with Crippen molar-refractivity contribution in [1.82, 2.24) is 4.90 Å². The fraction of sp³-hybridized carbons (Fsp3) is 1.00. The van der Waals surface area contributed by atoms with E-state index < -0.39 is 0 Å². The van der Waals surface area contributed by atoms with Gasteiger partial charge in [0.05, 0.1) is 6.10 Å². The SMILES string of the molecule is CCCOC1CCCN(CC2CC(CCC)CCC2N)C1. The topological polar surface area (TPSA) is 38.5 Å². The molecule has 1 aliphatic heterocycles. The average molecular weight is 296 g/mol. The zero-order valence-corrected chi connectivity index (χ0v) is 14.2. The van der Waals surface area contributed by atoms with Crippen LogP contribution >= 0.6 is 0 Å². The Bertz CT molecular complexity index is 284. The third kappa shape index (κ3) is 5.54. The maximum absolute atomic E-state index is 6.41. The van der Waals surface area contributed by atoms with Crippen LogP contribution in [0.5, 0.6) is 0 Å². The number of hydrogen-bond donors (Lipinski definition) is 1. The fourth-order valence-corrected chi connectivity index (χ4v) is 4.20. The lowest BCUT2D eigenvalue weighted by molar-refractivity contribution is -0.00748. The van der Waals surface area contributed by atoms with Crippen molar-refractivity contribution < 1.29 is 4.74 Å². The van der Waals surface area contributed by atoms with Crippen LogP contribution in [0.15, 0.2) is 0 Å². The van der Waals surface area contributed by atoms with E-state index in [1.807, 2.05) is 0 Å². The quantitative estimate of drug-likeness (QED) is 0.782. The van der Waals surface area contributed by atoms with Crippen LogP contribution in [0.3, 0.4) is 0 Å². The summed E-state index contributed by atoms with van der Waals surface area (Å²) in [6.45, 7) is 8.99. The van der Waals surface area contributed by atoms with Gasteiger partial charge in [-0.15, -0.1) is 0 Å². The maximum Gasteiger partial charge on any atom is 0.0702 e. The highest BCUT2D eigenvalue weighted by Gasteiger charge is 2.30. The first-order valence-electron chi connectivity index (χ1n) is 9.32. The minimum atomic E-state index is 0.426. The van der Waals surface area contributed by atoms with Crippen LogP contribution in [0.4, 0.5) is 0 Å². The summed E-state index contributed by atoms with van der Waals surface area (Å²) in [5.41, 5.74) is 6.41. The van der Waals surface area contributed by atoms with E-state index in [2.05, 4.69) is 18.7 Å². The van der Waals surface area contributed by atoms with Gasteiger partial charge in [0.15, 0.2) is 0 Å². The lowest BCUT2D eigenvalue weighted by Crippen LogP contribution is -2.47. The lowest BCUT2D eigenvalue weighted by Gasteiger charge is -2.40. The molecule has 3 nitrogen and oxygen atoms in total. The van der Waals surface area contributed by atoms with Crippen LogP contribution in [0.2, 0.25) is 0 Å². The van der Waals surface area contributed by atoms with Gasteiger partial charge in [0.2, 0.25) is 0 Å². The Morgan fingerprint density at radius 3 is 2.76 bits per heavy atom. The number of nitrogens with two attached hydrogens (primary N) is 1. The van der Waals surface area contributed by atoms with Crippen molar-refractivity contribution in [3.05, 3.63) is 0 Å². The second kappa shape index (κ2) is 9.12. The van der Waals surface area contributed by atoms with Gasteiger partial charge in [-0.1, -0.05) is 26.7 Å². The minimum absolute atomic E-state index is 0.426. The molecule has 2 N–H and O–H groups in total. The van der Waals surface area contributed by atoms with Crippen molar-refractivity contribution in [3.63, 3.8) is 0 Å². The summed E-state index contributed by atoms with van der Waals surface area (Å²) in [6.07, 6.45) is 10.8. The van der Waals surface area contributed by atoms with Gasteiger partial charge in [-0.05, 0) is 56.9 Å². The number of ether oxygens (including phenoxy) is 1. The second-order valence-electron chi connectivity index (χ2n) is 7.29. The van der Waals surface area contributed by atoms with Crippen LogP contribution in [0.25, 0.3) is 0 Å². The monoisotopic (exact) mass is 296 g/mol. The smallest absolute Gasteiger partial charge is 0.0702 e. The highest BCUT2D eigenvalue weighted by molar-refractivity contribution is 4.86. The van der Waals surface area contributed by atoms with Gasteiger partial charge in [-0.25, -0.2) is 0 Å². The Kier molecular flexibility index (Phi) is 7.48. The highest BCUT2D eigenvalue weighted by atomic mass is 16.5. The fourth-order valence-electron chi connectivity index (χ4n) is 4.20. The first-order chi connectivity index (χ1) is 10.2. The number of piperidine rings is 1. The number of nitrogens with zero attached hydrogens (tertiary/aromatic N) is 1. The zero-order chi connectivity index (χ0) is 15.1. The standard InChI is InChI=1S/C18H36N2O/c1-3-6-15-8-9-18(19)16(12-15)13-20-10-5-7-17(14-20)21-11-4-2/h15-18H,3-14,19H2,1-2H3. The predicted octanol–water partition coefficient (Wildman–Crippen LogP) is 3.42. The number of rotatable bonds is 7. The molecule has 2 fully saturated rings. The van der Waals surface area contributed by atoms with E-state index >= 15 is 0 Å². The van der Waals surface area contributed by atoms with Crippen molar-refractivity contribution >= 4 is 0 Å². The molecule has 0 spiro atoms. The maximum atomic E-state index is 6.41. The first-order valence-corrected chi connectivity index (χ1v) is 9.32. The van der Waals surface area contributed by atoms with E-state index in [-0.39, 0.29) is 0 Å². The zero-order valence-electron chi connectivity index (χ0n) is 14.2. The largest absolute Gasteiger partial charge is 0.377 e. The van der Waals surface area contributed by atoms with Gasteiger partial charge in [-0.2, -0.15) is 0 Å². The number of likely N-dealkylation sites (tertiary alicyclic amines) is 1. The van der Waals surface area contributed by atoms with E-state index in [1.54, 1.807) is 0 Å². The molecule has 1 saturated carbocycles. The summed E-state index contributed by atoms with van der Waals surface area (Å²) in [5, 5.41) is 0. The molecular formula is C18H36N2O. The molecule has 1 heterocycles. The van der Waals surface area contributed by atoms with Gasteiger partial charge in [-0.3, -0.25) is 0 Å². The summed E-state index contributed by atoms with van der Waals surface area (Å²) in [7, 11) is 0. The van der Waals surface area contributed by atoms with E-state index in [1.165, 1.54) is 58.0 Å². The highest BCUT2D eigenvalue weighted by Crippen LogP contribution is 2.32. The van der Waals surface area contributed by atoms with Crippen molar-refractivity contribution in [2.45, 2.75) is 77.4 Å². The van der Waals surface area contributed by atoms with Crippen LogP contribution in [-0.4, -0.2) is 43.3 Å². The Labute approximate surface area is 131 Å². The summed E-state index contributed by atoms with van der Waals surface area (Å²) in [4.78, 5) is 2.63. The molecular weight excluding hydrogens is 260 g/mol. The molecule has 124 valence electrons. The molecule has 0 aromatic rings. The summed E-state index contributed by atoms with van der Waals surface area (Å²) >= 11 is 0. The molecule has 0 amide bonds. The molecule has 0 aromatic heterocycles. The normalized spacial score (nSPS) is 35.0. The molecule has 0 radical (unpaired) electrons. The van der Waals surface area contributed by atoms with Gasteiger partial charge in [0.25, 0.3) is 0 Å². The number of hydrogen-bond acceptors (Lipinski definition) is 3. The summed E-state index contributed by atoms with van der Waals surface area (Å²) in [6, 6.07) is 0.426. The van der Waals surface area contributed by atoms with Crippen molar-refractivity contribution in [2.24, 2.45) is 17.6 Å². The Morgan fingerprint density at radius 1 is 1.14 bits per heavy atom. The third-order valence-corrected chi connectivity index (χ3v) is 5.36. The van der Waals surface area contributed by atoms with Gasteiger partial charge < -0.3 is 15.4 Å². The average Bonchev–Trinajstić information content (AvgIpc) is 2.49. The molecule has 0 aromatic carbocycles. The Morgan fingerprint density at radius 2 is 2.00 bits per heavy atom. The van der Waals surface area contributed by atoms with Crippen molar-refractivity contribution in [2.75, 3.05) is 26.2 Å². The molecule has 1 aliphatic carbocycles. The van der Waals surface area contributed by atoms with E-state index in [4.69, 9.17) is 10.5 Å². The van der Waals surface area contributed by atoms with Gasteiger partial charge in [0, 0.05) is 25.7 Å². The second-order valence-corrected chi connectivity index (χ2v) is 7.29. The Balaban J connectivity index is 1.78. The first kappa shape index (κ1) is 17.2. The summed E-state index contributed by atoms with van der Waals surface area (Å²) < 4.78 is 5.97.